The lowest BCUT2D eigenvalue weighted by Crippen LogP contribution is -2.11. The van der Waals surface area contributed by atoms with Crippen LogP contribution < -0.4 is 5.32 Å². The van der Waals surface area contributed by atoms with Crippen LogP contribution in [0.25, 0.3) is 0 Å². The monoisotopic (exact) mass is 193 g/mol. The first-order valence-electron chi connectivity index (χ1n) is 4.24. The van der Waals surface area contributed by atoms with Gasteiger partial charge in [-0.2, -0.15) is 0 Å². The van der Waals surface area contributed by atoms with Crippen molar-refractivity contribution in [3.05, 3.63) is 35.9 Å². The molecule has 0 unspecified atom stereocenters. The van der Waals surface area contributed by atoms with Crippen LogP contribution in [0.1, 0.15) is 10.4 Å². The first-order chi connectivity index (χ1) is 6.83. The third-order valence-electron chi connectivity index (χ3n) is 1.54. The molecule has 0 radical (unpaired) electrons. The molecule has 0 spiro atoms. The molecule has 1 aromatic carbocycles. The number of hydrogen-bond donors (Lipinski definition) is 1. The van der Waals surface area contributed by atoms with Gasteiger partial charge in [-0.15, -0.1) is 0 Å². The summed E-state index contributed by atoms with van der Waals surface area (Å²) in [7, 11) is 0. The highest BCUT2D eigenvalue weighted by molar-refractivity contribution is 5.74. The van der Waals surface area contributed by atoms with Crippen molar-refractivity contribution in [2.24, 2.45) is 0 Å². The second-order valence-corrected chi connectivity index (χ2v) is 2.59. The van der Waals surface area contributed by atoms with Gasteiger partial charge in [-0.05, 0) is 0 Å². The zero-order chi connectivity index (χ0) is 10.2. The fourth-order valence-electron chi connectivity index (χ4n) is 0.879. The number of hydrogen-bond acceptors (Lipinski definition) is 3. The van der Waals surface area contributed by atoms with Crippen LogP contribution in [0.4, 0.5) is 4.79 Å². The standard InChI is InChI=1S/C7H6O.C3H5NO2/c8-6-7-4-2-1-3-5-7;5-3-4-1-2-6-3/h1-6H;1-2H2,(H,4,5). The third kappa shape index (κ3) is 3.71. The van der Waals surface area contributed by atoms with Crippen molar-refractivity contribution < 1.29 is 14.3 Å². The smallest absolute Gasteiger partial charge is 0.407 e. The fourth-order valence-corrected chi connectivity index (χ4v) is 0.879. The predicted molar refractivity (Wildman–Crippen MR) is 51.2 cm³/mol. The molecule has 1 heterocycles. The highest BCUT2D eigenvalue weighted by atomic mass is 16.6. The highest BCUT2D eigenvalue weighted by Gasteiger charge is 2.06. The van der Waals surface area contributed by atoms with Crippen molar-refractivity contribution >= 4 is 12.4 Å². The quantitative estimate of drug-likeness (QED) is 0.682. The van der Waals surface area contributed by atoms with E-state index in [9.17, 15) is 9.59 Å². The molecule has 0 atom stereocenters. The summed E-state index contributed by atoms with van der Waals surface area (Å²) < 4.78 is 4.40. The van der Waals surface area contributed by atoms with Crippen LogP contribution in [0, 0.1) is 0 Å². The number of carbonyl (C=O) groups excluding carboxylic acids is 2. The van der Waals surface area contributed by atoms with Crippen LogP contribution in [0.2, 0.25) is 0 Å². The van der Waals surface area contributed by atoms with Gasteiger partial charge in [-0.1, -0.05) is 30.3 Å². The summed E-state index contributed by atoms with van der Waals surface area (Å²) in [5.74, 6) is 0. The lowest BCUT2D eigenvalue weighted by molar-refractivity contribution is 0.112. The first-order valence-corrected chi connectivity index (χ1v) is 4.24. The zero-order valence-corrected chi connectivity index (χ0v) is 7.60. The summed E-state index contributed by atoms with van der Waals surface area (Å²) in [6.07, 6.45) is 0.537. The van der Waals surface area contributed by atoms with Crippen molar-refractivity contribution in [1.82, 2.24) is 5.32 Å². The molecule has 0 saturated carbocycles. The molecule has 1 amide bonds. The summed E-state index contributed by atoms with van der Waals surface area (Å²) >= 11 is 0. The van der Waals surface area contributed by atoms with Gasteiger partial charge in [0.15, 0.2) is 0 Å². The van der Waals surface area contributed by atoms with E-state index in [1.165, 1.54) is 0 Å². The molecule has 14 heavy (non-hydrogen) atoms. The Bertz CT molecular complexity index is 289. The van der Waals surface area contributed by atoms with Crippen molar-refractivity contribution in [2.45, 2.75) is 0 Å². The van der Waals surface area contributed by atoms with Gasteiger partial charge >= 0.3 is 6.09 Å². The molecule has 0 bridgehead atoms. The summed E-state index contributed by atoms with van der Waals surface area (Å²) in [5, 5.41) is 2.46. The highest BCUT2D eigenvalue weighted by Crippen LogP contribution is 1.91. The fraction of sp³-hybridized carbons (Fsp3) is 0.200. The molecule has 0 aliphatic carbocycles. The molecule has 74 valence electrons. The van der Waals surface area contributed by atoms with Crippen LogP contribution >= 0.6 is 0 Å². The minimum absolute atomic E-state index is 0.296. The van der Waals surface area contributed by atoms with E-state index in [-0.39, 0.29) is 6.09 Å². The topological polar surface area (TPSA) is 55.4 Å². The molecule has 0 aromatic heterocycles. The number of benzene rings is 1. The number of cyclic esters (lactones) is 1. The van der Waals surface area contributed by atoms with Crippen molar-refractivity contribution in [3.8, 4) is 0 Å². The zero-order valence-electron chi connectivity index (χ0n) is 7.60. The van der Waals surface area contributed by atoms with Crippen LogP contribution in [-0.4, -0.2) is 25.5 Å². The second kappa shape index (κ2) is 5.75. The molecule has 4 heteroatoms. The van der Waals surface area contributed by atoms with E-state index in [4.69, 9.17) is 0 Å². The van der Waals surface area contributed by atoms with E-state index in [0.29, 0.717) is 13.2 Å². The van der Waals surface area contributed by atoms with Gasteiger partial charge in [0.1, 0.15) is 12.9 Å². The molecule has 1 N–H and O–H groups in total. The maximum Gasteiger partial charge on any atom is 0.407 e. The summed E-state index contributed by atoms with van der Waals surface area (Å²) in [6, 6.07) is 9.10. The third-order valence-corrected chi connectivity index (χ3v) is 1.54. The summed E-state index contributed by atoms with van der Waals surface area (Å²) in [4.78, 5) is 19.9. The largest absolute Gasteiger partial charge is 0.448 e. The van der Waals surface area contributed by atoms with E-state index in [1.54, 1.807) is 12.1 Å². The number of aldehydes is 1. The van der Waals surface area contributed by atoms with Crippen molar-refractivity contribution in [1.29, 1.82) is 0 Å². The Morgan fingerprint density at radius 2 is 2.00 bits per heavy atom. The number of amides is 1. The molecule has 1 aliphatic rings. The number of nitrogens with one attached hydrogen (secondary N) is 1. The van der Waals surface area contributed by atoms with E-state index >= 15 is 0 Å². The summed E-state index contributed by atoms with van der Waals surface area (Å²) in [5.41, 5.74) is 0.729. The molecular weight excluding hydrogens is 182 g/mol. The molecule has 2 rings (SSSR count). The van der Waals surface area contributed by atoms with E-state index in [1.807, 2.05) is 18.2 Å². The van der Waals surface area contributed by atoms with Crippen LogP contribution in [-0.2, 0) is 4.74 Å². The van der Waals surface area contributed by atoms with Crippen LogP contribution in [0.5, 0.6) is 0 Å². The Morgan fingerprint density at radius 3 is 2.29 bits per heavy atom. The molecule has 1 aromatic rings. The predicted octanol–water partition coefficient (Wildman–Crippen LogP) is 1.23. The Kier molecular flexibility index (Phi) is 4.20. The normalized spacial score (nSPS) is 13.3. The second-order valence-electron chi connectivity index (χ2n) is 2.59. The van der Waals surface area contributed by atoms with E-state index in [2.05, 4.69) is 10.1 Å². The van der Waals surface area contributed by atoms with E-state index in [0.717, 1.165) is 11.8 Å². The Labute approximate surface area is 81.9 Å². The van der Waals surface area contributed by atoms with Gasteiger partial charge in [0.2, 0.25) is 0 Å². The Morgan fingerprint density at radius 1 is 1.29 bits per heavy atom. The molecule has 1 saturated heterocycles. The SMILES string of the molecule is O=C1NCCO1.O=Cc1ccccc1. The van der Waals surface area contributed by atoms with Gasteiger partial charge in [-0.25, -0.2) is 4.79 Å². The number of ether oxygens (including phenoxy) is 1. The summed E-state index contributed by atoms with van der Waals surface area (Å²) in [6.45, 7) is 1.19. The van der Waals surface area contributed by atoms with Gasteiger partial charge in [0.25, 0.3) is 0 Å². The van der Waals surface area contributed by atoms with Crippen LogP contribution in [0.15, 0.2) is 30.3 Å². The maximum atomic E-state index is 10.0. The lowest BCUT2D eigenvalue weighted by Gasteiger charge is -1.81. The average Bonchev–Trinajstić information content (AvgIpc) is 2.71. The van der Waals surface area contributed by atoms with E-state index < -0.39 is 0 Å². The number of carbonyl (C=O) groups is 2. The Balaban J connectivity index is 0.000000146. The average molecular weight is 193 g/mol. The molecule has 4 nitrogen and oxygen atoms in total. The number of rotatable bonds is 1. The minimum Gasteiger partial charge on any atom is -0.448 e. The van der Waals surface area contributed by atoms with Crippen molar-refractivity contribution in [3.63, 3.8) is 0 Å². The van der Waals surface area contributed by atoms with Gasteiger partial charge in [0.05, 0.1) is 6.54 Å². The van der Waals surface area contributed by atoms with Gasteiger partial charge in [0, 0.05) is 5.56 Å². The molecular formula is C10H11NO3. The number of alkyl carbamates (subject to hydrolysis) is 1. The van der Waals surface area contributed by atoms with Crippen molar-refractivity contribution in [2.75, 3.05) is 13.2 Å². The molecule has 1 aliphatic heterocycles. The minimum atomic E-state index is -0.296. The van der Waals surface area contributed by atoms with Gasteiger partial charge < -0.3 is 10.1 Å². The maximum absolute atomic E-state index is 10.0. The molecule has 1 fully saturated rings. The Hall–Kier alpha value is -1.84. The van der Waals surface area contributed by atoms with Crippen LogP contribution in [0.3, 0.4) is 0 Å². The lowest BCUT2D eigenvalue weighted by atomic mass is 10.2. The van der Waals surface area contributed by atoms with Gasteiger partial charge in [-0.3, -0.25) is 4.79 Å². The first kappa shape index (κ1) is 10.2.